The van der Waals surface area contributed by atoms with Crippen LogP contribution in [0, 0.1) is 5.92 Å². The van der Waals surface area contributed by atoms with E-state index in [0.29, 0.717) is 19.5 Å². The number of nitrogens with zero attached hydrogens (tertiary/aromatic N) is 1. The van der Waals surface area contributed by atoms with Crippen molar-refractivity contribution in [2.45, 2.75) is 57.5 Å². The number of amides is 1. The zero-order valence-electron chi connectivity index (χ0n) is 10.2. The van der Waals surface area contributed by atoms with Crippen LogP contribution in [-0.4, -0.2) is 34.6 Å². The molecule has 16 heavy (non-hydrogen) atoms. The summed E-state index contributed by atoms with van der Waals surface area (Å²) < 4.78 is 0. The van der Waals surface area contributed by atoms with E-state index >= 15 is 0 Å². The molecular weight excluding hydrogens is 202 g/mol. The summed E-state index contributed by atoms with van der Waals surface area (Å²) in [6.07, 6.45) is 8.42. The van der Waals surface area contributed by atoms with E-state index in [-0.39, 0.29) is 5.91 Å². The number of carbonyl (C=O) groups is 1. The Morgan fingerprint density at radius 2 is 1.94 bits per heavy atom. The number of hydrogen-bond acceptors (Lipinski definition) is 2. The first-order chi connectivity index (χ1) is 7.57. The average Bonchev–Trinajstić information content (AvgIpc) is 2.24. The Morgan fingerprint density at radius 3 is 2.50 bits per heavy atom. The van der Waals surface area contributed by atoms with Crippen LogP contribution < -0.4 is 0 Å². The Morgan fingerprint density at radius 1 is 1.31 bits per heavy atom. The minimum absolute atomic E-state index is 0.233. The predicted molar refractivity (Wildman–Crippen MR) is 63.0 cm³/mol. The molecule has 2 fully saturated rings. The number of aliphatic hydroxyl groups is 1. The molecule has 1 aliphatic heterocycles. The highest BCUT2D eigenvalue weighted by Gasteiger charge is 2.39. The van der Waals surface area contributed by atoms with Gasteiger partial charge in [0.1, 0.15) is 0 Å². The van der Waals surface area contributed by atoms with Gasteiger partial charge in [0.05, 0.1) is 18.7 Å². The summed E-state index contributed by atoms with van der Waals surface area (Å²) in [5.41, 5.74) is -0.625. The monoisotopic (exact) mass is 225 g/mol. The molecule has 0 aromatic carbocycles. The fourth-order valence-corrected chi connectivity index (χ4v) is 2.91. The normalized spacial score (nSPS) is 25.2. The zero-order valence-corrected chi connectivity index (χ0v) is 10.2. The summed E-state index contributed by atoms with van der Waals surface area (Å²) in [5.74, 6) is 1.01. The molecule has 0 aromatic rings. The van der Waals surface area contributed by atoms with E-state index in [2.05, 4.69) is 0 Å². The van der Waals surface area contributed by atoms with Gasteiger partial charge in [-0.1, -0.05) is 32.1 Å². The van der Waals surface area contributed by atoms with Crippen LogP contribution in [0.1, 0.15) is 51.9 Å². The Hall–Kier alpha value is -0.570. The highest BCUT2D eigenvalue weighted by atomic mass is 16.3. The maximum Gasteiger partial charge on any atom is 0.222 e. The van der Waals surface area contributed by atoms with Gasteiger partial charge in [-0.25, -0.2) is 0 Å². The molecule has 0 unspecified atom stereocenters. The van der Waals surface area contributed by atoms with Crippen molar-refractivity contribution in [2.24, 2.45) is 5.92 Å². The second-order valence-electron chi connectivity index (χ2n) is 5.79. The molecule has 2 aliphatic rings. The van der Waals surface area contributed by atoms with Crippen molar-refractivity contribution in [3.05, 3.63) is 0 Å². The number of rotatable bonds is 3. The maximum atomic E-state index is 11.8. The lowest BCUT2D eigenvalue weighted by atomic mass is 9.85. The van der Waals surface area contributed by atoms with Crippen LogP contribution in [0.2, 0.25) is 0 Å². The van der Waals surface area contributed by atoms with Gasteiger partial charge >= 0.3 is 0 Å². The molecule has 3 nitrogen and oxygen atoms in total. The Balaban J connectivity index is 1.64. The molecule has 1 N–H and O–H groups in total. The molecule has 0 spiro atoms. The topological polar surface area (TPSA) is 40.5 Å². The van der Waals surface area contributed by atoms with Gasteiger partial charge in [-0.2, -0.15) is 0 Å². The summed E-state index contributed by atoms with van der Waals surface area (Å²) in [4.78, 5) is 13.6. The van der Waals surface area contributed by atoms with Crippen LogP contribution in [0.5, 0.6) is 0 Å². The van der Waals surface area contributed by atoms with Gasteiger partial charge in [0.25, 0.3) is 0 Å². The highest BCUT2D eigenvalue weighted by Crippen LogP contribution is 2.28. The molecule has 3 heteroatoms. The summed E-state index contributed by atoms with van der Waals surface area (Å²) in [6, 6.07) is 0. The molecule has 1 heterocycles. The molecule has 1 saturated heterocycles. The third-order valence-electron chi connectivity index (χ3n) is 3.91. The fraction of sp³-hybridized carbons (Fsp3) is 0.923. The van der Waals surface area contributed by atoms with Gasteiger partial charge in [-0.15, -0.1) is 0 Å². The third kappa shape index (κ3) is 2.97. The van der Waals surface area contributed by atoms with E-state index in [9.17, 15) is 9.90 Å². The quantitative estimate of drug-likeness (QED) is 0.797. The molecule has 0 atom stereocenters. The van der Waals surface area contributed by atoms with Gasteiger partial charge in [-0.05, 0) is 19.3 Å². The van der Waals surface area contributed by atoms with E-state index in [1.165, 1.54) is 32.1 Å². The van der Waals surface area contributed by atoms with Gasteiger partial charge in [0, 0.05) is 6.42 Å². The molecule has 0 radical (unpaired) electrons. The van der Waals surface area contributed by atoms with Crippen molar-refractivity contribution < 1.29 is 9.90 Å². The molecule has 1 amide bonds. The fourth-order valence-electron chi connectivity index (χ4n) is 2.91. The Labute approximate surface area is 97.8 Å². The number of hydrogen-bond donors (Lipinski definition) is 1. The van der Waals surface area contributed by atoms with Crippen molar-refractivity contribution >= 4 is 5.91 Å². The summed E-state index contributed by atoms with van der Waals surface area (Å²) in [7, 11) is 0. The Kier molecular flexibility index (Phi) is 3.53. The van der Waals surface area contributed by atoms with Crippen molar-refractivity contribution in [1.29, 1.82) is 0 Å². The van der Waals surface area contributed by atoms with Crippen LogP contribution in [0.3, 0.4) is 0 Å². The number of carbonyl (C=O) groups excluding carboxylic acids is 1. The predicted octanol–water partition coefficient (Wildman–Crippen LogP) is 1.94. The van der Waals surface area contributed by atoms with E-state index in [1.807, 2.05) is 0 Å². The standard InChI is InChI=1S/C13H23NO2/c1-13(16)9-14(10-13)12(15)8-7-11-5-3-2-4-6-11/h11,16H,2-10H2,1H3. The minimum Gasteiger partial charge on any atom is -0.386 e. The lowest BCUT2D eigenvalue weighted by molar-refractivity contribution is -0.152. The van der Waals surface area contributed by atoms with Crippen LogP contribution in [-0.2, 0) is 4.79 Å². The zero-order chi connectivity index (χ0) is 11.6. The number of likely N-dealkylation sites (tertiary alicyclic amines) is 1. The molecule has 92 valence electrons. The van der Waals surface area contributed by atoms with E-state index in [0.717, 1.165) is 12.3 Å². The first-order valence-electron chi connectivity index (χ1n) is 6.57. The van der Waals surface area contributed by atoms with Gasteiger partial charge in [-0.3, -0.25) is 4.79 Å². The number of β-amino-alcohol motifs (C(OH)–C–C–N with tert-alkyl or cyclic N) is 1. The molecule has 0 bridgehead atoms. The summed E-state index contributed by atoms with van der Waals surface area (Å²) >= 11 is 0. The molecule has 1 aliphatic carbocycles. The summed E-state index contributed by atoms with van der Waals surface area (Å²) in [5, 5.41) is 9.56. The van der Waals surface area contributed by atoms with E-state index in [4.69, 9.17) is 0 Å². The van der Waals surface area contributed by atoms with Gasteiger partial charge in [0.15, 0.2) is 0 Å². The molecule has 1 saturated carbocycles. The SMILES string of the molecule is CC1(O)CN(C(=O)CCC2CCCCC2)C1. The van der Waals surface area contributed by atoms with E-state index < -0.39 is 5.60 Å². The third-order valence-corrected chi connectivity index (χ3v) is 3.91. The second-order valence-corrected chi connectivity index (χ2v) is 5.79. The van der Waals surface area contributed by atoms with Crippen molar-refractivity contribution in [3.63, 3.8) is 0 Å². The van der Waals surface area contributed by atoms with Crippen LogP contribution in [0.25, 0.3) is 0 Å². The highest BCUT2D eigenvalue weighted by molar-refractivity contribution is 5.77. The van der Waals surface area contributed by atoms with Crippen LogP contribution in [0.4, 0.5) is 0 Å². The summed E-state index contributed by atoms with van der Waals surface area (Å²) in [6.45, 7) is 2.84. The lowest BCUT2D eigenvalue weighted by Crippen LogP contribution is -2.61. The maximum absolute atomic E-state index is 11.8. The van der Waals surface area contributed by atoms with Gasteiger partial charge in [0.2, 0.25) is 5.91 Å². The van der Waals surface area contributed by atoms with Crippen molar-refractivity contribution in [3.8, 4) is 0 Å². The molecular formula is C13H23NO2. The van der Waals surface area contributed by atoms with Crippen molar-refractivity contribution in [2.75, 3.05) is 13.1 Å². The average molecular weight is 225 g/mol. The first-order valence-corrected chi connectivity index (χ1v) is 6.57. The Bertz CT molecular complexity index is 249. The minimum atomic E-state index is -0.625. The van der Waals surface area contributed by atoms with Crippen LogP contribution >= 0.6 is 0 Å². The van der Waals surface area contributed by atoms with Gasteiger partial charge < -0.3 is 10.0 Å². The molecule has 2 rings (SSSR count). The second kappa shape index (κ2) is 4.74. The largest absolute Gasteiger partial charge is 0.386 e. The smallest absolute Gasteiger partial charge is 0.222 e. The lowest BCUT2D eigenvalue weighted by Gasteiger charge is -2.44. The molecule has 0 aromatic heterocycles. The van der Waals surface area contributed by atoms with E-state index in [1.54, 1.807) is 11.8 Å². The van der Waals surface area contributed by atoms with Crippen LogP contribution in [0.15, 0.2) is 0 Å². The van der Waals surface area contributed by atoms with Crippen molar-refractivity contribution in [1.82, 2.24) is 4.90 Å². The first kappa shape index (κ1) is 11.9.